The maximum Gasteiger partial charge on any atom is 0.0615 e. The molecule has 0 heterocycles. The Hall–Kier alpha value is -0.0800. The van der Waals surface area contributed by atoms with Crippen LogP contribution in [0.5, 0.6) is 0 Å². The van der Waals surface area contributed by atoms with Gasteiger partial charge in [-0.05, 0) is 26.4 Å². The van der Waals surface area contributed by atoms with Crippen LogP contribution in [0.25, 0.3) is 0 Å². The van der Waals surface area contributed by atoms with Crippen molar-refractivity contribution in [3.8, 4) is 0 Å². The van der Waals surface area contributed by atoms with E-state index in [1.807, 2.05) is 0 Å². The average molecular weight is 187 g/mol. The first kappa shape index (κ1) is 12.9. The molecule has 0 aromatic carbocycles. The largest absolute Gasteiger partial charge is 0.394 e. The Labute approximate surface area is 82.9 Å². The van der Waals surface area contributed by atoms with Crippen LogP contribution in [0, 0.1) is 0 Å². The molecule has 0 saturated carbocycles. The SMILES string of the molecule is CCCCC(CC)(CO)N(C)CC. The molecule has 0 amide bonds. The molecule has 0 spiro atoms. The van der Waals surface area contributed by atoms with Gasteiger partial charge in [0.05, 0.1) is 6.61 Å². The molecule has 2 heteroatoms. The van der Waals surface area contributed by atoms with E-state index < -0.39 is 0 Å². The Morgan fingerprint density at radius 1 is 1.23 bits per heavy atom. The highest BCUT2D eigenvalue weighted by molar-refractivity contribution is 4.86. The summed E-state index contributed by atoms with van der Waals surface area (Å²) < 4.78 is 0. The van der Waals surface area contributed by atoms with Crippen molar-refractivity contribution in [2.45, 2.75) is 52.0 Å². The second-order valence-electron chi connectivity index (χ2n) is 3.85. The fourth-order valence-corrected chi connectivity index (χ4v) is 1.79. The first-order chi connectivity index (χ1) is 6.16. The van der Waals surface area contributed by atoms with Gasteiger partial charge in [0.15, 0.2) is 0 Å². The van der Waals surface area contributed by atoms with Crippen molar-refractivity contribution in [1.82, 2.24) is 4.90 Å². The Morgan fingerprint density at radius 3 is 2.15 bits per heavy atom. The third kappa shape index (κ3) is 3.28. The molecular weight excluding hydrogens is 162 g/mol. The van der Waals surface area contributed by atoms with Crippen LogP contribution in [0.3, 0.4) is 0 Å². The standard InChI is InChI=1S/C11H25NO/c1-5-8-9-11(6-2,10-13)12(4)7-3/h13H,5-10H2,1-4H3. The molecule has 80 valence electrons. The van der Waals surface area contributed by atoms with Crippen molar-refractivity contribution in [2.24, 2.45) is 0 Å². The molecule has 0 bridgehead atoms. The molecule has 0 aliphatic carbocycles. The van der Waals surface area contributed by atoms with Crippen LogP contribution in [0.1, 0.15) is 46.5 Å². The van der Waals surface area contributed by atoms with Gasteiger partial charge in [0, 0.05) is 5.54 Å². The third-order valence-corrected chi connectivity index (χ3v) is 3.23. The Kier molecular flexibility index (Phi) is 6.35. The normalized spacial score (nSPS) is 16.2. The van der Waals surface area contributed by atoms with E-state index in [1.165, 1.54) is 12.8 Å². The highest BCUT2D eigenvalue weighted by Gasteiger charge is 2.30. The van der Waals surface area contributed by atoms with Gasteiger partial charge in [-0.1, -0.05) is 33.6 Å². The van der Waals surface area contributed by atoms with Crippen molar-refractivity contribution in [2.75, 3.05) is 20.2 Å². The maximum atomic E-state index is 9.46. The van der Waals surface area contributed by atoms with Gasteiger partial charge in [-0.2, -0.15) is 0 Å². The summed E-state index contributed by atoms with van der Waals surface area (Å²) in [6, 6.07) is 0. The number of likely N-dealkylation sites (N-methyl/N-ethyl adjacent to an activating group) is 1. The fraction of sp³-hybridized carbons (Fsp3) is 1.00. The summed E-state index contributed by atoms with van der Waals surface area (Å²) in [7, 11) is 2.11. The first-order valence-electron chi connectivity index (χ1n) is 5.49. The minimum atomic E-state index is 0.0325. The second kappa shape index (κ2) is 6.39. The highest BCUT2D eigenvalue weighted by Crippen LogP contribution is 2.24. The van der Waals surface area contributed by atoms with Gasteiger partial charge in [-0.3, -0.25) is 4.90 Å². The van der Waals surface area contributed by atoms with E-state index in [-0.39, 0.29) is 12.1 Å². The first-order valence-corrected chi connectivity index (χ1v) is 5.49. The lowest BCUT2D eigenvalue weighted by atomic mass is 9.89. The molecule has 1 N–H and O–H groups in total. The van der Waals surface area contributed by atoms with Gasteiger partial charge in [-0.25, -0.2) is 0 Å². The number of unbranched alkanes of at least 4 members (excludes halogenated alkanes) is 1. The Balaban J connectivity index is 4.29. The fourth-order valence-electron chi connectivity index (χ4n) is 1.79. The monoisotopic (exact) mass is 187 g/mol. The zero-order valence-electron chi connectivity index (χ0n) is 9.64. The molecule has 0 radical (unpaired) electrons. The number of nitrogens with zero attached hydrogens (tertiary/aromatic N) is 1. The van der Waals surface area contributed by atoms with Gasteiger partial charge >= 0.3 is 0 Å². The number of aliphatic hydroxyl groups is 1. The van der Waals surface area contributed by atoms with Crippen LogP contribution >= 0.6 is 0 Å². The van der Waals surface area contributed by atoms with E-state index in [0.29, 0.717) is 0 Å². The lowest BCUT2D eigenvalue weighted by Gasteiger charge is -2.39. The minimum Gasteiger partial charge on any atom is -0.394 e. The van der Waals surface area contributed by atoms with Crippen molar-refractivity contribution in [1.29, 1.82) is 0 Å². The Bertz CT molecular complexity index is 121. The zero-order chi connectivity index (χ0) is 10.3. The van der Waals surface area contributed by atoms with Crippen LogP contribution in [0.15, 0.2) is 0 Å². The van der Waals surface area contributed by atoms with E-state index in [0.717, 1.165) is 19.4 Å². The molecule has 2 nitrogen and oxygen atoms in total. The summed E-state index contributed by atoms with van der Waals surface area (Å²) in [5.41, 5.74) is 0.0325. The summed E-state index contributed by atoms with van der Waals surface area (Å²) in [6.45, 7) is 7.81. The number of aliphatic hydroxyl groups excluding tert-OH is 1. The van der Waals surface area contributed by atoms with Crippen molar-refractivity contribution >= 4 is 0 Å². The van der Waals surface area contributed by atoms with E-state index in [9.17, 15) is 5.11 Å². The van der Waals surface area contributed by atoms with E-state index in [2.05, 4.69) is 32.7 Å². The van der Waals surface area contributed by atoms with Crippen molar-refractivity contribution < 1.29 is 5.11 Å². The van der Waals surface area contributed by atoms with Gasteiger partial charge in [0.2, 0.25) is 0 Å². The minimum absolute atomic E-state index is 0.0325. The zero-order valence-corrected chi connectivity index (χ0v) is 9.64. The molecule has 0 aliphatic heterocycles. The van der Waals surface area contributed by atoms with Crippen LogP contribution in [0.4, 0.5) is 0 Å². The molecule has 0 aromatic rings. The van der Waals surface area contributed by atoms with Gasteiger partial charge < -0.3 is 5.11 Å². The number of hydrogen-bond acceptors (Lipinski definition) is 2. The quantitative estimate of drug-likeness (QED) is 0.661. The third-order valence-electron chi connectivity index (χ3n) is 3.23. The maximum absolute atomic E-state index is 9.46. The predicted molar refractivity (Wildman–Crippen MR) is 57.9 cm³/mol. The molecule has 0 rings (SSSR count). The van der Waals surface area contributed by atoms with Crippen LogP contribution in [-0.4, -0.2) is 35.7 Å². The van der Waals surface area contributed by atoms with Crippen LogP contribution in [-0.2, 0) is 0 Å². The predicted octanol–water partition coefficient (Wildman–Crippen LogP) is 2.27. The summed E-state index contributed by atoms with van der Waals surface area (Å²) in [6.07, 6.45) is 4.56. The number of hydrogen-bond donors (Lipinski definition) is 1. The van der Waals surface area contributed by atoms with Crippen molar-refractivity contribution in [3.63, 3.8) is 0 Å². The van der Waals surface area contributed by atoms with Crippen LogP contribution in [0.2, 0.25) is 0 Å². The van der Waals surface area contributed by atoms with Crippen molar-refractivity contribution in [3.05, 3.63) is 0 Å². The highest BCUT2D eigenvalue weighted by atomic mass is 16.3. The second-order valence-corrected chi connectivity index (χ2v) is 3.85. The molecule has 1 unspecified atom stereocenters. The van der Waals surface area contributed by atoms with Crippen LogP contribution < -0.4 is 0 Å². The van der Waals surface area contributed by atoms with Gasteiger partial charge in [-0.15, -0.1) is 0 Å². The lowest BCUT2D eigenvalue weighted by molar-refractivity contribution is 0.0399. The molecule has 0 aliphatic rings. The summed E-state index contributed by atoms with van der Waals surface area (Å²) in [5.74, 6) is 0. The van der Waals surface area contributed by atoms with Gasteiger partial charge in [0.25, 0.3) is 0 Å². The Morgan fingerprint density at radius 2 is 1.85 bits per heavy atom. The smallest absolute Gasteiger partial charge is 0.0615 e. The summed E-state index contributed by atoms with van der Waals surface area (Å²) in [5, 5.41) is 9.46. The van der Waals surface area contributed by atoms with Gasteiger partial charge in [0.1, 0.15) is 0 Å². The summed E-state index contributed by atoms with van der Waals surface area (Å²) >= 11 is 0. The molecular formula is C11H25NO. The summed E-state index contributed by atoms with van der Waals surface area (Å²) in [4.78, 5) is 2.28. The van der Waals surface area contributed by atoms with E-state index in [4.69, 9.17) is 0 Å². The lowest BCUT2D eigenvalue weighted by Crippen LogP contribution is -2.49. The molecule has 1 atom stereocenters. The molecule has 13 heavy (non-hydrogen) atoms. The average Bonchev–Trinajstić information content (AvgIpc) is 2.19. The molecule has 0 saturated heterocycles. The topological polar surface area (TPSA) is 23.5 Å². The van der Waals surface area contributed by atoms with E-state index >= 15 is 0 Å². The molecule has 0 aromatic heterocycles. The number of rotatable bonds is 7. The molecule has 0 fully saturated rings. The van der Waals surface area contributed by atoms with E-state index in [1.54, 1.807) is 0 Å².